The number of hydrogen-bond acceptors (Lipinski definition) is 4. The van der Waals surface area contributed by atoms with Gasteiger partial charge in [0.15, 0.2) is 0 Å². The number of carbonyl (C=O) groups excluding carboxylic acids is 1. The van der Waals surface area contributed by atoms with Gasteiger partial charge in [-0.15, -0.1) is 0 Å². The highest BCUT2D eigenvalue weighted by molar-refractivity contribution is 5.67. The van der Waals surface area contributed by atoms with Gasteiger partial charge in [-0.05, 0) is 70.1 Å². The van der Waals surface area contributed by atoms with E-state index in [2.05, 4.69) is 32.2 Å². The summed E-state index contributed by atoms with van der Waals surface area (Å²) in [4.78, 5) is 12.5. The van der Waals surface area contributed by atoms with Crippen LogP contribution in [-0.4, -0.2) is 43.2 Å². The van der Waals surface area contributed by atoms with Gasteiger partial charge in [0.2, 0.25) is 0 Å². The first-order chi connectivity index (χ1) is 13.5. The number of allylic oxidation sites excluding steroid dienone is 2. The summed E-state index contributed by atoms with van der Waals surface area (Å²) in [6.45, 7) is 6.64. The molecule has 0 aromatic carbocycles. The third-order valence-electron chi connectivity index (χ3n) is 6.64. The van der Waals surface area contributed by atoms with Crippen LogP contribution in [0, 0.1) is 17.8 Å². The molecule has 1 amide bonds. The quantitative estimate of drug-likeness (QED) is 0.578. The lowest BCUT2D eigenvalue weighted by Gasteiger charge is -2.44. The van der Waals surface area contributed by atoms with E-state index in [0.717, 1.165) is 38.5 Å². The minimum absolute atomic E-state index is 0.162. The van der Waals surface area contributed by atoms with Crippen molar-refractivity contribution in [1.82, 2.24) is 5.32 Å². The zero-order valence-electron chi connectivity index (χ0n) is 18.3. The van der Waals surface area contributed by atoms with E-state index in [-0.39, 0.29) is 42.8 Å². The van der Waals surface area contributed by atoms with E-state index in [0.29, 0.717) is 5.92 Å². The first-order valence-electron chi connectivity index (χ1n) is 11.2. The predicted octanol–water partition coefficient (Wildman–Crippen LogP) is 4.83. The highest BCUT2D eigenvalue weighted by Gasteiger charge is 2.43. The molecule has 0 aromatic rings. The van der Waals surface area contributed by atoms with Gasteiger partial charge in [-0.25, -0.2) is 4.79 Å². The van der Waals surface area contributed by atoms with Gasteiger partial charge in [0.05, 0.1) is 6.10 Å². The van der Waals surface area contributed by atoms with Crippen LogP contribution in [0.3, 0.4) is 0 Å². The smallest absolute Gasteiger partial charge is 0.407 e. The SMILES string of the molecule is COC1C(OC(=O)NC2CCCCC2)CCC(CO)C1[C@H](C)CCC=C(C)C. The maximum absolute atomic E-state index is 12.5. The topological polar surface area (TPSA) is 67.8 Å². The summed E-state index contributed by atoms with van der Waals surface area (Å²) < 4.78 is 11.7. The fourth-order valence-electron chi connectivity index (χ4n) is 5.10. The monoisotopic (exact) mass is 395 g/mol. The van der Waals surface area contributed by atoms with E-state index in [9.17, 15) is 9.90 Å². The Bertz CT molecular complexity index is 497. The molecule has 0 aromatic heterocycles. The van der Waals surface area contributed by atoms with Crippen molar-refractivity contribution in [2.45, 2.75) is 96.8 Å². The molecule has 2 aliphatic rings. The molecular formula is C23H41NO4. The molecule has 2 fully saturated rings. The summed E-state index contributed by atoms with van der Waals surface area (Å²) in [7, 11) is 1.70. The fraction of sp³-hybridized carbons (Fsp3) is 0.870. The van der Waals surface area contributed by atoms with Crippen molar-refractivity contribution in [3.63, 3.8) is 0 Å². The van der Waals surface area contributed by atoms with Crippen molar-refractivity contribution in [3.8, 4) is 0 Å². The third-order valence-corrected chi connectivity index (χ3v) is 6.64. The van der Waals surface area contributed by atoms with Crippen LogP contribution < -0.4 is 5.32 Å². The predicted molar refractivity (Wildman–Crippen MR) is 112 cm³/mol. The average Bonchev–Trinajstić information content (AvgIpc) is 2.67. The van der Waals surface area contributed by atoms with E-state index < -0.39 is 0 Å². The molecule has 0 saturated heterocycles. The second-order valence-corrected chi connectivity index (χ2v) is 9.06. The van der Waals surface area contributed by atoms with Gasteiger partial charge in [0, 0.05) is 19.8 Å². The van der Waals surface area contributed by atoms with E-state index in [1.807, 2.05) is 0 Å². The fourth-order valence-corrected chi connectivity index (χ4v) is 5.10. The van der Waals surface area contributed by atoms with Crippen molar-refractivity contribution in [2.24, 2.45) is 17.8 Å². The Morgan fingerprint density at radius 2 is 1.89 bits per heavy atom. The molecule has 2 saturated carbocycles. The van der Waals surface area contributed by atoms with Crippen LogP contribution in [0.1, 0.15) is 78.6 Å². The van der Waals surface area contributed by atoms with Gasteiger partial charge in [0.1, 0.15) is 6.10 Å². The normalized spacial score (nSPS) is 29.8. The van der Waals surface area contributed by atoms with Gasteiger partial charge in [-0.1, -0.05) is 37.8 Å². The minimum atomic E-state index is -0.308. The Labute approximate surface area is 171 Å². The lowest BCUT2D eigenvalue weighted by atomic mass is 9.69. The second-order valence-electron chi connectivity index (χ2n) is 9.06. The summed E-state index contributed by atoms with van der Waals surface area (Å²) in [5, 5.41) is 13.0. The van der Waals surface area contributed by atoms with Gasteiger partial charge in [-0.2, -0.15) is 0 Å². The molecule has 0 aliphatic heterocycles. The van der Waals surface area contributed by atoms with Gasteiger partial charge in [0.25, 0.3) is 0 Å². The molecule has 162 valence electrons. The van der Waals surface area contributed by atoms with E-state index in [4.69, 9.17) is 9.47 Å². The molecule has 0 spiro atoms. The Kier molecular flexibility index (Phi) is 9.80. The van der Waals surface area contributed by atoms with E-state index >= 15 is 0 Å². The first kappa shape index (κ1) is 23.2. The number of alkyl carbamates (subject to hydrolysis) is 1. The number of carbonyl (C=O) groups is 1. The summed E-state index contributed by atoms with van der Waals surface area (Å²) in [5.41, 5.74) is 1.33. The van der Waals surface area contributed by atoms with Crippen molar-refractivity contribution < 1.29 is 19.4 Å². The van der Waals surface area contributed by atoms with Crippen molar-refractivity contribution in [1.29, 1.82) is 0 Å². The Balaban J connectivity index is 1.98. The third kappa shape index (κ3) is 6.77. The van der Waals surface area contributed by atoms with Crippen molar-refractivity contribution in [2.75, 3.05) is 13.7 Å². The standard InChI is InChI=1S/C23H41NO4/c1-16(2)9-8-10-17(3)21-18(15-25)13-14-20(22(21)27-4)28-23(26)24-19-11-6-5-7-12-19/h9,17-22,25H,5-8,10-15H2,1-4H3,(H,24,26)/t17-,18?,20?,21?,22?/m1/s1. The van der Waals surface area contributed by atoms with Gasteiger partial charge >= 0.3 is 6.09 Å². The molecule has 0 radical (unpaired) electrons. The van der Waals surface area contributed by atoms with Crippen molar-refractivity contribution >= 4 is 6.09 Å². The summed E-state index contributed by atoms with van der Waals surface area (Å²) >= 11 is 0. The lowest BCUT2D eigenvalue weighted by Crippen LogP contribution is -2.50. The summed E-state index contributed by atoms with van der Waals surface area (Å²) in [6.07, 6.45) is 11.0. The molecule has 5 atom stereocenters. The molecule has 0 heterocycles. The maximum Gasteiger partial charge on any atom is 0.407 e. The molecule has 2 rings (SSSR count). The van der Waals surface area contributed by atoms with Crippen LogP contribution in [-0.2, 0) is 9.47 Å². The van der Waals surface area contributed by atoms with E-state index in [1.54, 1.807) is 7.11 Å². The number of nitrogens with one attached hydrogen (secondary N) is 1. The molecule has 4 unspecified atom stereocenters. The zero-order chi connectivity index (χ0) is 20.5. The second kappa shape index (κ2) is 11.8. The molecule has 2 aliphatic carbocycles. The molecule has 5 heteroatoms. The van der Waals surface area contributed by atoms with Crippen LogP contribution in [0.2, 0.25) is 0 Å². The number of aliphatic hydroxyl groups excluding tert-OH is 1. The number of rotatable bonds is 8. The molecular weight excluding hydrogens is 354 g/mol. The molecule has 28 heavy (non-hydrogen) atoms. The molecule has 0 bridgehead atoms. The lowest BCUT2D eigenvalue weighted by molar-refractivity contribution is -0.115. The van der Waals surface area contributed by atoms with Crippen LogP contribution in [0.25, 0.3) is 0 Å². The largest absolute Gasteiger partial charge is 0.443 e. The number of ether oxygens (including phenoxy) is 2. The van der Waals surface area contributed by atoms with Gasteiger partial charge in [-0.3, -0.25) is 0 Å². The Morgan fingerprint density at radius 1 is 1.18 bits per heavy atom. The number of amides is 1. The van der Waals surface area contributed by atoms with Crippen LogP contribution in [0.5, 0.6) is 0 Å². The zero-order valence-corrected chi connectivity index (χ0v) is 18.3. The maximum atomic E-state index is 12.5. The molecule has 2 N–H and O–H groups in total. The number of methoxy groups -OCH3 is 1. The summed E-state index contributed by atoms with van der Waals surface area (Å²) in [6, 6.07) is 0.245. The summed E-state index contributed by atoms with van der Waals surface area (Å²) in [5.74, 6) is 0.792. The van der Waals surface area contributed by atoms with E-state index in [1.165, 1.54) is 24.8 Å². The highest BCUT2D eigenvalue weighted by atomic mass is 16.6. The highest BCUT2D eigenvalue weighted by Crippen LogP contribution is 2.40. The van der Waals surface area contributed by atoms with Crippen LogP contribution in [0.15, 0.2) is 11.6 Å². The Hall–Kier alpha value is -1.07. The number of hydrogen-bond donors (Lipinski definition) is 2. The van der Waals surface area contributed by atoms with Crippen LogP contribution in [0.4, 0.5) is 4.79 Å². The first-order valence-corrected chi connectivity index (χ1v) is 11.2. The van der Waals surface area contributed by atoms with Crippen molar-refractivity contribution in [3.05, 3.63) is 11.6 Å². The Morgan fingerprint density at radius 3 is 2.50 bits per heavy atom. The number of aliphatic hydroxyl groups is 1. The van der Waals surface area contributed by atoms with Crippen LogP contribution >= 0.6 is 0 Å². The minimum Gasteiger partial charge on any atom is -0.443 e. The molecule has 5 nitrogen and oxygen atoms in total. The van der Waals surface area contributed by atoms with Gasteiger partial charge < -0.3 is 19.9 Å². The average molecular weight is 396 g/mol.